The second kappa shape index (κ2) is 9.25. The monoisotopic (exact) mass is 437 g/mol. The van der Waals surface area contributed by atoms with Crippen molar-refractivity contribution in [1.82, 2.24) is 0 Å². The van der Waals surface area contributed by atoms with Crippen LogP contribution in [0.5, 0.6) is 5.75 Å². The number of amides is 1. The number of hydrogen-bond acceptors (Lipinski definition) is 6. The molecule has 1 amide bonds. The number of carbonyl (C=O) groups is 1. The third-order valence-corrected chi connectivity index (χ3v) is 4.84. The van der Waals surface area contributed by atoms with Gasteiger partial charge < -0.3 is 26.5 Å². The molecule has 0 aromatic heterocycles. The number of carbonyl (C=O) groups excluding carboxylic acids is 1. The zero-order valence-electron chi connectivity index (χ0n) is 17.3. The van der Waals surface area contributed by atoms with Gasteiger partial charge in [0.25, 0.3) is 5.91 Å². The SMILES string of the molecule is CNc1cc(F)c(C(=O)Nc2ccc(N)c(C(=N)c3cccc(OC)c3)c2)c(F)c1C=N. The first kappa shape index (κ1) is 22.4. The molecule has 0 aliphatic heterocycles. The summed E-state index contributed by atoms with van der Waals surface area (Å²) in [6.45, 7) is 0. The predicted octanol–water partition coefficient (Wildman–Crippen LogP) is 4.26. The Morgan fingerprint density at radius 3 is 2.56 bits per heavy atom. The standard InChI is InChI=1S/C23H21F2N5O2/c1-29-19-10-17(24)20(21(25)16(19)11-26)23(31)30-13-6-7-18(27)15(9-13)22(28)12-4-3-5-14(8-12)32-2/h3-11,26,28-29H,27H2,1-2H3,(H,30,31). The Balaban J connectivity index is 1.95. The number of benzene rings is 3. The number of nitrogens with two attached hydrogens (primary N) is 1. The van der Waals surface area contributed by atoms with Crippen molar-refractivity contribution in [3.05, 3.63) is 82.4 Å². The lowest BCUT2D eigenvalue weighted by molar-refractivity contribution is 0.101. The van der Waals surface area contributed by atoms with E-state index >= 15 is 0 Å². The highest BCUT2D eigenvalue weighted by Gasteiger charge is 2.23. The average molecular weight is 437 g/mol. The summed E-state index contributed by atoms with van der Waals surface area (Å²) < 4.78 is 34.4. The normalized spacial score (nSPS) is 10.4. The van der Waals surface area contributed by atoms with E-state index < -0.39 is 23.1 Å². The second-order valence-electron chi connectivity index (χ2n) is 6.77. The lowest BCUT2D eigenvalue weighted by Gasteiger charge is -2.14. The van der Waals surface area contributed by atoms with Gasteiger partial charge in [0.15, 0.2) is 0 Å². The minimum Gasteiger partial charge on any atom is -0.497 e. The first-order valence-electron chi connectivity index (χ1n) is 9.45. The fourth-order valence-corrected chi connectivity index (χ4v) is 3.17. The van der Waals surface area contributed by atoms with E-state index in [2.05, 4.69) is 10.6 Å². The zero-order valence-corrected chi connectivity index (χ0v) is 17.3. The molecule has 0 saturated heterocycles. The van der Waals surface area contributed by atoms with Crippen LogP contribution in [0.3, 0.4) is 0 Å². The number of anilines is 3. The van der Waals surface area contributed by atoms with Crippen LogP contribution in [0.4, 0.5) is 25.8 Å². The maximum absolute atomic E-state index is 14.7. The van der Waals surface area contributed by atoms with Crippen LogP contribution in [0.25, 0.3) is 0 Å². The molecule has 6 N–H and O–H groups in total. The summed E-state index contributed by atoms with van der Waals surface area (Å²) in [5.74, 6) is -2.70. The highest BCUT2D eigenvalue weighted by Crippen LogP contribution is 2.27. The summed E-state index contributed by atoms with van der Waals surface area (Å²) in [5.41, 5.74) is 6.44. The fraction of sp³-hybridized carbons (Fsp3) is 0.0870. The molecule has 0 radical (unpaired) electrons. The quantitative estimate of drug-likeness (QED) is 0.280. The van der Waals surface area contributed by atoms with Crippen LogP contribution in [-0.4, -0.2) is 32.0 Å². The highest BCUT2D eigenvalue weighted by atomic mass is 19.1. The van der Waals surface area contributed by atoms with Gasteiger partial charge in [0, 0.05) is 41.5 Å². The molecule has 0 atom stereocenters. The molecular weight excluding hydrogens is 416 g/mol. The van der Waals surface area contributed by atoms with E-state index in [0.717, 1.165) is 6.07 Å². The first-order valence-corrected chi connectivity index (χ1v) is 9.45. The first-order chi connectivity index (χ1) is 15.3. The van der Waals surface area contributed by atoms with E-state index in [9.17, 15) is 13.6 Å². The average Bonchev–Trinajstić information content (AvgIpc) is 2.79. The Labute approximate surface area is 183 Å². The molecule has 0 bridgehead atoms. The molecular formula is C23H21F2N5O2. The van der Waals surface area contributed by atoms with Crippen LogP contribution in [-0.2, 0) is 0 Å². The lowest BCUT2D eigenvalue weighted by Crippen LogP contribution is -2.18. The molecule has 32 heavy (non-hydrogen) atoms. The molecule has 0 saturated carbocycles. The summed E-state index contributed by atoms with van der Waals surface area (Å²) in [6, 6.07) is 12.2. The molecule has 7 nitrogen and oxygen atoms in total. The maximum atomic E-state index is 14.7. The van der Waals surface area contributed by atoms with Crippen molar-refractivity contribution in [3.8, 4) is 5.75 Å². The van der Waals surface area contributed by atoms with Crippen molar-refractivity contribution in [2.75, 3.05) is 30.5 Å². The minimum atomic E-state index is -1.15. The summed E-state index contributed by atoms with van der Waals surface area (Å²) in [7, 11) is 2.96. The van der Waals surface area contributed by atoms with E-state index in [1.165, 1.54) is 32.4 Å². The molecule has 0 heterocycles. The molecule has 0 unspecified atom stereocenters. The van der Waals surface area contributed by atoms with Crippen molar-refractivity contribution < 1.29 is 18.3 Å². The zero-order chi connectivity index (χ0) is 23.4. The number of rotatable bonds is 7. The number of ether oxygens (including phenoxy) is 1. The Hall–Kier alpha value is -4.27. The third kappa shape index (κ3) is 4.27. The molecule has 3 aromatic carbocycles. The van der Waals surface area contributed by atoms with Gasteiger partial charge >= 0.3 is 0 Å². The second-order valence-corrected chi connectivity index (χ2v) is 6.77. The Morgan fingerprint density at radius 2 is 1.91 bits per heavy atom. The molecule has 164 valence electrons. The van der Waals surface area contributed by atoms with Gasteiger partial charge in [0.1, 0.15) is 22.9 Å². The number of nitrogens with one attached hydrogen (secondary N) is 4. The van der Waals surface area contributed by atoms with Crippen molar-refractivity contribution in [1.29, 1.82) is 10.8 Å². The lowest BCUT2D eigenvalue weighted by atomic mass is 10.00. The van der Waals surface area contributed by atoms with E-state index in [4.69, 9.17) is 21.3 Å². The number of hydrogen-bond donors (Lipinski definition) is 5. The van der Waals surface area contributed by atoms with E-state index in [-0.39, 0.29) is 28.3 Å². The Bertz CT molecular complexity index is 1230. The number of halogens is 2. The molecule has 3 aromatic rings. The maximum Gasteiger partial charge on any atom is 0.261 e. The van der Waals surface area contributed by atoms with E-state index in [1.807, 2.05) is 0 Å². The number of methoxy groups -OCH3 is 1. The molecule has 0 fully saturated rings. The highest BCUT2D eigenvalue weighted by molar-refractivity contribution is 6.15. The van der Waals surface area contributed by atoms with Crippen molar-refractivity contribution >= 4 is 34.9 Å². The third-order valence-electron chi connectivity index (χ3n) is 4.84. The Morgan fingerprint density at radius 1 is 1.16 bits per heavy atom. The molecule has 0 spiro atoms. The predicted molar refractivity (Wildman–Crippen MR) is 122 cm³/mol. The number of nitrogen functional groups attached to an aromatic ring is 1. The van der Waals surface area contributed by atoms with Crippen LogP contribution in [0, 0.1) is 22.5 Å². The van der Waals surface area contributed by atoms with Crippen LogP contribution < -0.4 is 21.1 Å². The van der Waals surface area contributed by atoms with E-state index in [0.29, 0.717) is 23.1 Å². The van der Waals surface area contributed by atoms with Crippen LogP contribution in [0.15, 0.2) is 48.5 Å². The van der Waals surface area contributed by atoms with Crippen molar-refractivity contribution in [2.45, 2.75) is 0 Å². The van der Waals surface area contributed by atoms with Crippen molar-refractivity contribution in [3.63, 3.8) is 0 Å². The van der Waals surface area contributed by atoms with Crippen LogP contribution >= 0.6 is 0 Å². The molecule has 9 heteroatoms. The summed E-state index contributed by atoms with van der Waals surface area (Å²) in [4.78, 5) is 12.7. The van der Waals surface area contributed by atoms with Gasteiger partial charge in [-0.3, -0.25) is 10.2 Å². The van der Waals surface area contributed by atoms with Gasteiger partial charge in [-0.2, -0.15) is 0 Å². The van der Waals surface area contributed by atoms with Crippen LogP contribution in [0.1, 0.15) is 27.0 Å². The van der Waals surface area contributed by atoms with Crippen molar-refractivity contribution in [2.24, 2.45) is 0 Å². The van der Waals surface area contributed by atoms with Crippen LogP contribution in [0.2, 0.25) is 0 Å². The van der Waals surface area contributed by atoms with E-state index in [1.54, 1.807) is 24.3 Å². The smallest absolute Gasteiger partial charge is 0.261 e. The molecule has 3 rings (SSSR count). The topological polar surface area (TPSA) is 124 Å². The van der Waals surface area contributed by atoms with Gasteiger partial charge in [-0.05, 0) is 36.4 Å². The minimum absolute atomic E-state index is 0.0491. The Kier molecular flexibility index (Phi) is 6.48. The van der Waals surface area contributed by atoms with Gasteiger partial charge in [0.05, 0.1) is 18.4 Å². The van der Waals surface area contributed by atoms with Gasteiger partial charge in [-0.15, -0.1) is 0 Å². The summed E-state index contributed by atoms with van der Waals surface area (Å²) in [6.07, 6.45) is 0.703. The molecule has 0 aliphatic carbocycles. The fourth-order valence-electron chi connectivity index (χ4n) is 3.17. The van der Waals surface area contributed by atoms with Gasteiger partial charge in [-0.25, -0.2) is 8.78 Å². The van der Waals surface area contributed by atoms with Gasteiger partial charge in [0.2, 0.25) is 0 Å². The summed E-state index contributed by atoms with van der Waals surface area (Å²) in [5, 5.41) is 20.9. The molecule has 0 aliphatic rings. The summed E-state index contributed by atoms with van der Waals surface area (Å²) >= 11 is 0. The largest absolute Gasteiger partial charge is 0.497 e. The van der Waals surface area contributed by atoms with Gasteiger partial charge in [-0.1, -0.05) is 12.1 Å².